The van der Waals surface area contributed by atoms with Crippen molar-refractivity contribution in [3.05, 3.63) is 35.9 Å². The van der Waals surface area contributed by atoms with Gasteiger partial charge in [-0.3, -0.25) is 0 Å². The van der Waals surface area contributed by atoms with Crippen LogP contribution in [0.3, 0.4) is 0 Å². The summed E-state index contributed by atoms with van der Waals surface area (Å²) in [5, 5.41) is 0. The predicted octanol–water partition coefficient (Wildman–Crippen LogP) is 1.92. The van der Waals surface area contributed by atoms with Crippen molar-refractivity contribution in [2.75, 3.05) is 7.11 Å². The highest BCUT2D eigenvalue weighted by Crippen LogP contribution is 2.21. The van der Waals surface area contributed by atoms with Gasteiger partial charge in [0.2, 0.25) is 0 Å². The number of carbonyl (C=O) groups is 1. The van der Waals surface area contributed by atoms with Gasteiger partial charge in [0, 0.05) is 7.11 Å². The second-order valence-corrected chi connectivity index (χ2v) is 4.18. The smallest absolute Gasteiger partial charge is 0.356 e. The topological polar surface area (TPSA) is 47.6 Å². The number of hydroxylamine groups is 1. The first-order chi connectivity index (χ1) is 8.31. The first kappa shape index (κ1) is 12.1. The minimum absolute atomic E-state index is 0.104. The van der Waals surface area contributed by atoms with Crippen LogP contribution < -0.4 is 5.48 Å². The molecule has 0 radical (unpaired) electrons. The van der Waals surface area contributed by atoms with Gasteiger partial charge in [0.15, 0.2) is 0 Å². The highest BCUT2D eigenvalue weighted by Gasteiger charge is 2.28. The van der Waals surface area contributed by atoms with Gasteiger partial charge >= 0.3 is 5.97 Å². The number of carbonyl (C=O) groups excluding carboxylic acids is 1. The highest BCUT2D eigenvalue weighted by molar-refractivity contribution is 5.89. The fraction of sp³-hybridized carbons (Fsp3) is 0.462. The third-order valence-corrected chi connectivity index (χ3v) is 3.07. The molecule has 0 heterocycles. The Balaban J connectivity index is 1.84. The molecule has 0 bridgehead atoms. The normalized spacial score (nSPS) is 23.6. The zero-order chi connectivity index (χ0) is 12.1. The van der Waals surface area contributed by atoms with Gasteiger partial charge in [-0.25, -0.2) is 4.79 Å². The van der Waals surface area contributed by atoms with Crippen molar-refractivity contribution in [2.24, 2.45) is 0 Å². The fourth-order valence-electron chi connectivity index (χ4n) is 2.11. The average molecular weight is 235 g/mol. The summed E-state index contributed by atoms with van der Waals surface area (Å²) in [5.74, 6) is -0.354. The number of ether oxygens (including phenoxy) is 1. The summed E-state index contributed by atoms with van der Waals surface area (Å²) < 4.78 is 5.31. The molecule has 4 nitrogen and oxygen atoms in total. The molecular weight excluding hydrogens is 218 g/mol. The molecule has 1 aromatic rings. The third-order valence-electron chi connectivity index (χ3n) is 3.07. The summed E-state index contributed by atoms with van der Waals surface area (Å²) >= 11 is 0. The number of nitrogens with one attached hydrogen (secondary N) is 1. The van der Waals surface area contributed by atoms with Gasteiger partial charge in [0.25, 0.3) is 0 Å². The van der Waals surface area contributed by atoms with E-state index < -0.39 is 0 Å². The molecule has 1 aromatic carbocycles. The monoisotopic (exact) mass is 235 g/mol. The van der Waals surface area contributed by atoms with Crippen LogP contribution in [0.5, 0.6) is 0 Å². The number of hydrogen-bond acceptors (Lipinski definition) is 4. The van der Waals surface area contributed by atoms with Crippen LogP contribution in [0.15, 0.2) is 30.3 Å². The van der Waals surface area contributed by atoms with E-state index in [4.69, 9.17) is 9.57 Å². The molecular formula is C13H17NO3. The van der Waals surface area contributed by atoms with Crippen molar-refractivity contribution in [3.8, 4) is 0 Å². The molecule has 1 aliphatic rings. The first-order valence-corrected chi connectivity index (χ1v) is 5.86. The van der Waals surface area contributed by atoms with E-state index in [9.17, 15) is 4.79 Å². The van der Waals surface area contributed by atoms with Crippen LogP contribution in [0.1, 0.15) is 29.6 Å². The van der Waals surface area contributed by atoms with Crippen molar-refractivity contribution in [2.45, 2.75) is 31.4 Å². The van der Waals surface area contributed by atoms with E-state index in [-0.39, 0.29) is 18.1 Å². The first-order valence-electron chi connectivity index (χ1n) is 5.86. The Bertz CT molecular complexity index is 366. The van der Waals surface area contributed by atoms with E-state index in [1.165, 1.54) is 0 Å². The second kappa shape index (κ2) is 5.80. The van der Waals surface area contributed by atoms with Crippen molar-refractivity contribution in [1.29, 1.82) is 0 Å². The fourth-order valence-corrected chi connectivity index (χ4v) is 2.11. The SMILES string of the molecule is COC1CCCC1NOC(=O)c1ccccc1. The lowest BCUT2D eigenvalue weighted by Crippen LogP contribution is -2.38. The molecule has 0 aromatic heterocycles. The maximum Gasteiger partial charge on any atom is 0.356 e. The molecule has 0 saturated heterocycles. The van der Waals surface area contributed by atoms with Crippen LogP contribution in [0.25, 0.3) is 0 Å². The van der Waals surface area contributed by atoms with Crippen LogP contribution in [0, 0.1) is 0 Å². The van der Waals surface area contributed by atoms with E-state index in [0.717, 1.165) is 19.3 Å². The summed E-state index contributed by atoms with van der Waals surface area (Å²) in [4.78, 5) is 16.7. The van der Waals surface area contributed by atoms with Gasteiger partial charge in [-0.15, -0.1) is 5.48 Å². The number of hydrogen-bond donors (Lipinski definition) is 1. The molecule has 0 spiro atoms. The van der Waals surface area contributed by atoms with Crippen LogP contribution in [0.2, 0.25) is 0 Å². The van der Waals surface area contributed by atoms with Crippen molar-refractivity contribution in [3.63, 3.8) is 0 Å². The Morgan fingerprint density at radius 2 is 2.06 bits per heavy atom. The Hall–Kier alpha value is -1.39. The number of rotatable bonds is 4. The Labute approximate surface area is 101 Å². The lowest BCUT2D eigenvalue weighted by molar-refractivity contribution is -0.00914. The molecule has 92 valence electrons. The summed E-state index contributed by atoms with van der Waals surface area (Å²) in [6, 6.07) is 9.04. The molecule has 1 saturated carbocycles. The molecule has 17 heavy (non-hydrogen) atoms. The van der Waals surface area contributed by atoms with Gasteiger partial charge in [-0.1, -0.05) is 18.2 Å². The molecule has 1 N–H and O–H groups in total. The Morgan fingerprint density at radius 3 is 2.76 bits per heavy atom. The molecule has 1 fully saturated rings. The number of methoxy groups -OCH3 is 1. The van der Waals surface area contributed by atoms with Crippen molar-refractivity contribution >= 4 is 5.97 Å². The Morgan fingerprint density at radius 1 is 1.29 bits per heavy atom. The molecule has 2 unspecified atom stereocenters. The minimum atomic E-state index is -0.354. The molecule has 0 aliphatic heterocycles. The third kappa shape index (κ3) is 3.05. The van der Waals surface area contributed by atoms with E-state index in [1.807, 2.05) is 18.2 Å². The van der Waals surface area contributed by atoms with Gasteiger partial charge in [-0.05, 0) is 31.4 Å². The lowest BCUT2D eigenvalue weighted by atomic mass is 10.2. The number of benzene rings is 1. The van der Waals surface area contributed by atoms with E-state index in [1.54, 1.807) is 19.2 Å². The quantitative estimate of drug-likeness (QED) is 0.810. The lowest BCUT2D eigenvalue weighted by Gasteiger charge is -2.18. The maximum absolute atomic E-state index is 11.7. The van der Waals surface area contributed by atoms with Gasteiger partial charge in [0.1, 0.15) is 0 Å². The van der Waals surface area contributed by atoms with E-state index in [2.05, 4.69) is 5.48 Å². The van der Waals surface area contributed by atoms with Crippen LogP contribution in [-0.4, -0.2) is 25.2 Å². The summed E-state index contributed by atoms with van der Waals surface area (Å²) in [7, 11) is 1.68. The summed E-state index contributed by atoms with van der Waals surface area (Å²) in [5.41, 5.74) is 3.35. The molecule has 0 amide bonds. The summed E-state index contributed by atoms with van der Waals surface area (Å²) in [6.45, 7) is 0. The zero-order valence-electron chi connectivity index (χ0n) is 9.89. The van der Waals surface area contributed by atoms with Crippen LogP contribution >= 0.6 is 0 Å². The standard InChI is InChI=1S/C13H17NO3/c1-16-12-9-5-8-11(12)14-17-13(15)10-6-3-2-4-7-10/h2-4,6-7,11-12,14H,5,8-9H2,1H3. The second-order valence-electron chi connectivity index (χ2n) is 4.18. The average Bonchev–Trinajstić information content (AvgIpc) is 2.84. The molecule has 2 rings (SSSR count). The molecule has 1 aliphatic carbocycles. The zero-order valence-corrected chi connectivity index (χ0v) is 9.89. The maximum atomic E-state index is 11.7. The Kier molecular flexibility index (Phi) is 4.12. The summed E-state index contributed by atoms with van der Waals surface area (Å²) in [6.07, 6.45) is 3.22. The molecule has 2 atom stereocenters. The van der Waals surface area contributed by atoms with E-state index in [0.29, 0.717) is 5.56 Å². The molecule has 4 heteroatoms. The predicted molar refractivity (Wildman–Crippen MR) is 63.4 cm³/mol. The van der Waals surface area contributed by atoms with Gasteiger partial charge < -0.3 is 9.57 Å². The van der Waals surface area contributed by atoms with Crippen molar-refractivity contribution in [1.82, 2.24) is 5.48 Å². The van der Waals surface area contributed by atoms with Gasteiger partial charge in [-0.2, -0.15) is 0 Å². The van der Waals surface area contributed by atoms with Gasteiger partial charge in [0.05, 0.1) is 17.7 Å². The van der Waals surface area contributed by atoms with Crippen LogP contribution in [0.4, 0.5) is 0 Å². The largest absolute Gasteiger partial charge is 0.380 e. The van der Waals surface area contributed by atoms with Crippen molar-refractivity contribution < 1.29 is 14.4 Å². The highest BCUT2D eigenvalue weighted by atomic mass is 16.7. The van der Waals surface area contributed by atoms with Crippen LogP contribution in [-0.2, 0) is 9.57 Å². The van der Waals surface area contributed by atoms with E-state index >= 15 is 0 Å². The minimum Gasteiger partial charge on any atom is -0.380 e.